The molecule has 2 aliphatic carbocycles. The van der Waals surface area contributed by atoms with E-state index >= 15 is 0 Å². The van der Waals surface area contributed by atoms with Gasteiger partial charge in [-0.25, -0.2) is 4.79 Å². The van der Waals surface area contributed by atoms with E-state index in [0.717, 1.165) is 25.7 Å². The lowest BCUT2D eigenvalue weighted by Crippen LogP contribution is -2.62. The number of fused-ring (bicyclic) bond motifs is 3. The number of hydrogen-bond acceptors (Lipinski definition) is 4. The van der Waals surface area contributed by atoms with E-state index in [1.807, 2.05) is 6.92 Å². The summed E-state index contributed by atoms with van der Waals surface area (Å²) >= 11 is 0. The third-order valence-electron chi connectivity index (χ3n) is 5.86. The van der Waals surface area contributed by atoms with Gasteiger partial charge in [0.15, 0.2) is 5.60 Å². The Bertz CT molecular complexity index is 467. The second-order valence-electron chi connectivity index (χ2n) is 7.19. The number of hydrogen-bond donors (Lipinski definition) is 2. The quantitative estimate of drug-likeness (QED) is 0.656. The van der Waals surface area contributed by atoms with Crippen LogP contribution in [0.15, 0.2) is 11.6 Å². The second kappa shape index (κ2) is 3.61. The van der Waals surface area contributed by atoms with E-state index < -0.39 is 23.3 Å². The maximum absolute atomic E-state index is 11.8. The molecule has 0 unspecified atom stereocenters. The van der Waals surface area contributed by atoms with Crippen molar-refractivity contribution >= 4 is 5.97 Å². The van der Waals surface area contributed by atoms with Crippen molar-refractivity contribution < 1.29 is 19.7 Å². The van der Waals surface area contributed by atoms with Gasteiger partial charge < -0.3 is 14.9 Å². The van der Waals surface area contributed by atoms with E-state index in [2.05, 4.69) is 13.8 Å². The average Bonchev–Trinajstić information content (AvgIpc) is 2.52. The molecule has 4 atom stereocenters. The van der Waals surface area contributed by atoms with Crippen molar-refractivity contribution in [3.05, 3.63) is 11.6 Å². The first-order valence-corrected chi connectivity index (χ1v) is 7.05. The molecule has 4 nitrogen and oxygen atoms in total. The molecule has 3 rings (SSSR count). The Morgan fingerprint density at radius 1 is 1.32 bits per heavy atom. The molecule has 3 aliphatic rings. The Labute approximate surface area is 113 Å². The van der Waals surface area contributed by atoms with Crippen LogP contribution in [-0.4, -0.2) is 28.1 Å². The lowest BCUT2D eigenvalue weighted by atomic mass is 9.47. The topological polar surface area (TPSA) is 66.8 Å². The molecule has 1 saturated heterocycles. The minimum atomic E-state index is -1.55. The van der Waals surface area contributed by atoms with Crippen LogP contribution in [0.1, 0.15) is 46.5 Å². The molecule has 2 fully saturated rings. The van der Waals surface area contributed by atoms with Crippen molar-refractivity contribution in [3.63, 3.8) is 0 Å². The zero-order valence-corrected chi connectivity index (χ0v) is 11.8. The maximum Gasteiger partial charge on any atom is 0.339 e. The number of allylic oxidation sites excluding steroid dienone is 1. The smallest absolute Gasteiger partial charge is 0.339 e. The van der Waals surface area contributed by atoms with E-state index in [0.29, 0.717) is 0 Å². The van der Waals surface area contributed by atoms with Crippen molar-refractivity contribution in [2.45, 2.75) is 58.3 Å². The molecule has 0 aromatic heterocycles. The van der Waals surface area contributed by atoms with Crippen LogP contribution in [0.25, 0.3) is 0 Å². The Hall–Kier alpha value is -0.870. The third kappa shape index (κ3) is 1.39. The number of cyclic esters (lactones) is 1. The van der Waals surface area contributed by atoms with Crippen molar-refractivity contribution in [2.75, 3.05) is 0 Å². The Kier molecular flexibility index (Phi) is 2.50. The molecule has 0 spiro atoms. The summed E-state index contributed by atoms with van der Waals surface area (Å²) in [5.74, 6) is -0.329. The molecule has 19 heavy (non-hydrogen) atoms. The fourth-order valence-corrected chi connectivity index (χ4v) is 4.76. The number of ether oxygens (including phenoxy) is 1. The molecular weight excluding hydrogens is 244 g/mol. The van der Waals surface area contributed by atoms with Crippen LogP contribution in [0.3, 0.4) is 0 Å². The number of aliphatic hydroxyl groups excluding tert-OH is 1. The van der Waals surface area contributed by atoms with Crippen LogP contribution in [-0.2, 0) is 9.53 Å². The first-order chi connectivity index (χ1) is 8.73. The normalized spacial score (nSPS) is 48.1. The zero-order valence-electron chi connectivity index (χ0n) is 11.8. The van der Waals surface area contributed by atoms with Gasteiger partial charge in [0, 0.05) is 5.41 Å². The van der Waals surface area contributed by atoms with Gasteiger partial charge in [-0.2, -0.15) is 0 Å². The Morgan fingerprint density at radius 3 is 2.68 bits per heavy atom. The molecule has 106 valence electrons. The van der Waals surface area contributed by atoms with Gasteiger partial charge in [0.05, 0.1) is 5.57 Å². The predicted molar refractivity (Wildman–Crippen MR) is 69.0 cm³/mol. The molecular formula is C15H22O4. The predicted octanol–water partition coefficient (Wildman–Crippen LogP) is 1.76. The van der Waals surface area contributed by atoms with Crippen LogP contribution in [0, 0.1) is 16.7 Å². The highest BCUT2D eigenvalue weighted by Gasteiger charge is 2.68. The molecule has 0 bridgehead atoms. The average molecular weight is 266 g/mol. The van der Waals surface area contributed by atoms with Gasteiger partial charge in [0.25, 0.3) is 0 Å². The second-order valence-corrected chi connectivity index (χ2v) is 7.19. The van der Waals surface area contributed by atoms with Gasteiger partial charge >= 0.3 is 5.97 Å². The van der Waals surface area contributed by atoms with Crippen molar-refractivity contribution in [2.24, 2.45) is 16.7 Å². The summed E-state index contributed by atoms with van der Waals surface area (Å²) in [6.45, 7) is 6.42. The standard InChI is InChI=1S/C15H22O4/c1-13(2)7-4-8-14(3)10(13)6-5-9-11(16)19-12(17)15(9,14)18/h5,10,12,17-18H,4,6-8H2,1-3H3/t10-,12+,14-,15-/m1/s1. The first kappa shape index (κ1) is 13.1. The third-order valence-corrected chi connectivity index (χ3v) is 5.86. The summed E-state index contributed by atoms with van der Waals surface area (Å²) in [5, 5.41) is 21.2. The summed E-state index contributed by atoms with van der Waals surface area (Å²) < 4.78 is 4.89. The van der Waals surface area contributed by atoms with E-state index in [-0.39, 0.29) is 16.9 Å². The summed E-state index contributed by atoms with van der Waals surface area (Å²) in [7, 11) is 0. The van der Waals surface area contributed by atoms with Crippen molar-refractivity contribution in [3.8, 4) is 0 Å². The summed E-state index contributed by atoms with van der Waals surface area (Å²) in [6, 6.07) is 0. The highest BCUT2D eigenvalue weighted by atomic mass is 16.7. The van der Waals surface area contributed by atoms with Gasteiger partial charge in [0.2, 0.25) is 6.29 Å². The summed E-state index contributed by atoms with van der Waals surface area (Å²) in [6.07, 6.45) is 4.02. The lowest BCUT2D eigenvalue weighted by Gasteiger charge is -2.58. The van der Waals surface area contributed by atoms with E-state index in [4.69, 9.17) is 4.74 Å². The number of rotatable bonds is 0. The largest absolute Gasteiger partial charge is 0.429 e. The minimum Gasteiger partial charge on any atom is -0.429 e. The number of carbonyl (C=O) groups is 1. The first-order valence-electron chi connectivity index (χ1n) is 7.05. The van der Waals surface area contributed by atoms with Gasteiger partial charge in [-0.05, 0) is 30.6 Å². The number of esters is 1. The van der Waals surface area contributed by atoms with Gasteiger partial charge in [-0.15, -0.1) is 0 Å². The van der Waals surface area contributed by atoms with Crippen LogP contribution in [0.2, 0.25) is 0 Å². The Morgan fingerprint density at radius 2 is 2.00 bits per heavy atom. The molecule has 1 heterocycles. The summed E-state index contributed by atoms with van der Waals surface area (Å²) in [4.78, 5) is 11.8. The van der Waals surface area contributed by atoms with E-state index in [1.165, 1.54) is 0 Å². The highest BCUT2D eigenvalue weighted by Crippen LogP contribution is 2.63. The van der Waals surface area contributed by atoms with Crippen LogP contribution >= 0.6 is 0 Å². The Balaban J connectivity index is 2.16. The molecule has 4 heteroatoms. The van der Waals surface area contributed by atoms with Gasteiger partial charge in [-0.3, -0.25) is 0 Å². The van der Waals surface area contributed by atoms with Crippen molar-refractivity contribution in [1.29, 1.82) is 0 Å². The monoisotopic (exact) mass is 266 g/mol. The molecule has 0 amide bonds. The SMILES string of the molecule is CC1(C)CCC[C@]2(C)[C@@H]1CC=C1C(=O)O[C@H](O)[C@]12O. The molecule has 1 saturated carbocycles. The van der Waals surface area contributed by atoms with Gasteiger partial charge in [0.1, 0.15) is 0 Å². The zero-order chi connectivity index (χ0) is 14.1. The van der Waals surface area contributed by atoms with Gasteiger partial charge in [-0.1, -0.05) is 33.3 Å². The number of aliphatic hydroxyl groups is 2. The molecule has 1 aliphatic heterocycles. The summed E-state index contributed by atoms with van der Waals surface area (Å²) in [5.41, 5.74) is -1.71. The lowest BCUT2D eigenvalue weighted by molar-refractivity contribution is -0.230. The van der Waals surface area contributed by atoms with E-state index in [1.54, 1.807) is 6.08 Å². The van der Waals surface area contributed by atoms with Crippen LogP contribution in [0.4, 0.5) is 0 Å². The number of carbonyl (C=O) groups excluding carboxylic acids is 1. The maximum atomic E-state index is 11.8. The minimum absolute atomic E-state index is 0.0934. The van der Waals surface area contributed by atoms with E-state index in [9.17, 15) is 15.0 Å². The fraction of sp³-hybridized carbons (Fsp3) is 0.800. The van der Waals surface area contributed by atoms with Crippen LogP contribution in [0.5, 0.6) is 0 Å². The highest BCUT2D eigenvalue weighted by molar-refractivity contribution is 5.94. The molecule has 2 N–H and O–H groups in total. The molecule has 0 radical (unpaired) electrons. The fourth-order valence-electron chi connectivity index (χ4n) is 4.76. The molecule has 0 aromatic carbocycles. The van der Waals surface area contributed by atoms with Crippen LogP contribution < -0.4 is 0 Å². The van der Waals surface area contributed by atoms with Crippen molar-refractivity contribution in [1.82, 2.24) is 0 Å². The molecule has 0 aromatic rings.